The van der Waals surface area contributed by atoms with Crippen molar-refractivity contribution in [3.63, 3.8) is 0 Å². The standard InChI is InChI=1S/C15H17ClN2O/c1-18(15-9-12(10-16)7-8-17-15)11-13-5-3-4-6-14(13)19-2/h3-9H,10-11H2,1-2H3. The van der Waals surface area contributed by atoms with E-state index in [0.29, 0.717) is 5.88 Å². The molecule has 0 aliphatic carbocycles. The lowest BCUT2D eigenvalue weighted by atomic mass is 10.2. The van der Waals surface area contributed by atoms with Gasteiger partial charge in [-0.3, -0.25) is 0 Å². The van der Waals surface area contributed by atoms with E-state index in [1.165, 1.54) is 0 Å². The lowest BCUT2D eigenvalue weighted by molar-refractivity contribution is 0.409. The van der Waals surface area contributed by atoms with E-state index in [0.717, 1.165) is 29.2 Å². The van der Waals surface area contributed by atoms with Crippen LogP contribution in [0.4, 0.5) is 5.82 Å². The Labute approximate surface area is 118 Å². The van der Waals surface area contributed by atoms with Gasteiger partial charge in [-0.25, -0.2) is 4.98 Å². The van der Waals surface area contributed by atoms with Gasteiger partial charge in [0.25, 0.3) is 0 Å². The maximum Gasteiger partial charge on any atom is 0.128 e. The number of halogens is 1. The topological polar surface area (TPSA) is 25.4 Å². The van der Waals surface area contributed by atoms with Gasteiger partial charge in [0.1, 0.15) is 11.6 Å². The van der Waals surface area contributed by atoms with Gasteiger partial charge in [-0.1, -0.05) is 18.2 Å². The second kappa shape index (κ2) is 6.43. The lowest BCUT2D eigenvalue weighted by Gasteiger charge is -2.20. The first-order valence-corrected chi connectivity index (χ1v) is 6.62. The number of aromatic nitrogens is 1. The molecule has 0 aliphatic rings. The molecule has 3 nitrogen and oxygen atoms in total. The molecule has 0 N–H and O–H groups in total. The summed E-state index contributed by atoms with van der Waals surface area (Å²) < 4.78 is 5.36. The van der Waals surface area contributed by atoms with Gasteiger partial charge < -0.3 is 9.64 Å². The second-order valence-corrected chi connectivity index (χ2v) is 4.59. The van der Waals surface area contributed by atoms with Crippen LogP contribution in [0, 0.1) is 0 Å². The Kier molecular flexibility index (Phi) is 4.63. The summed E-state index contributed by atoms with van der Waals surface area (Å²) in [5.74, 6) is 2.30. The van der Waals surface area contributed by atoms with Crippen molar-refractivity contribution in [2.75, 3.05) is 19.1 Å². The smallest absolute Gasteiger partial charge is 0.128 e. The Hall–Kier alpha value is -1.74. The summed E-state index contributed by atoms with van der Waals surface area (Å²) in [6, 6.07) is 11.9. The predicted molar refractivity (Wildman–Crippen MR) is 78.9 cm³/mol. The van der Waals surface area contributed by atoms with Gasteiger partial charge in [0.2, 0.25) is 0 Å². The Morgan fingerprint density at radius 1 is 1.26 bits per heavy atom. The molecule has 100 valence electrons. The summed E-state index contributed by atoms with van der Waals surface area (Å²) in [5, 5.41) is 0. The Morgan fingerprint density at radius 2 is 2.05 bits per heavy atom. The number of alkyl halides is 1. The van der Waals surface area contributed by atoms with Crippen LogP contribution in [-0.4, -0.2) is 19.1 Å². The summed E-state index contributed by atoms with van der Waals surface area (Å²) in [6.07, 6.45) is 1.78. The number of hydrogen-bond acceptors (Lipinski definition) is 3. The number of hydrogen-bond donors (Lipinski definition) is 0. The van der Waals surface area contributed by atoms with Crippen LogP contribution in [0.25, 0.3) is 0 Å². The number of rotatable bonds is 5. The number of nitrogens with zero attached hydrogens (tertiary/aromatic N) is 2. The third-order valence-corrected chi connectivity index (χ3v) is 3.26. The van der Waals surface area contributed by atoms with Gasteiger partial charge in [0.15, 0.2) is 0 Å². The molecule has 19 heavy (non-hydrogen) atoms. The zero-order chi connectivity index (χ0) is 13.7. The predicted octanol–water partition coefficient (Wildman–Crippen LogP) is 3.47. The first-order chi connectivity index (χ1) is 9.24. The van der Waals surface area contributed by atoms with Gasteiger partial charge in [0, 0.05) is 31.2 Å². The fraction of sp³-hybridized carbons (Fsp3) is 0.267. The lowest BCUT2D eigenvalue weighted by Crippen LogP contribution is -2.18. The van der Waals surface area contributed by atoms with E-state index < -0.39 is 0 Å². The molecule has 4 heteroatoms. The van der Waals surface area contributed by atoms with Crippen molar-refractivity contribution < 1.29 is 4.74 Å². The molecule has 0 radical (unpaired) electrons. The molecule has 1 aromatic carbocycles. The maximum atomic E-state index is 5.85. The number of benzene rings is 1. The van der Waals surface area contributed by atoms with E-state index in [4.69, 9.17) is 16.3 Å². The quantitative estimate of drug-likeness (QED) is 0.782. The Balaban J connectivity index is 2.18. The van der Waals surface area contributed by atoms with Crippen LogP contribution < -0.4 is 9.64 Å². The van der Waals surface area contributed by atoms with Crippen LogP contribution in [-0.2, 0) is 12.4 Å². The molecule has 0 spiro atoms. The second-order valence-electron chi connectivity index (χ2n) is 4.32. The number of ether oxygens (including phenoxy) is 1. The van der Waals surface area contributed by atoms with Crippen LogP contribution in [0.15, 0.2) is 42.6 Å². The highest BCUT2D eigenvalue weighted by Crippen LogP contribution is 2.21. The Bertz CT molecular complexity index is 545. The maximum absolute atomic E-state index is 5.85. The largest absolute Gasteiger partial charge is 0.496 e. The first kappa shape index (κ1) is 13.7. The molecule has 0 fully saturated rings. The van der Waals surface area contributed by atoms with Crippen molar-refractivity contribution >= 4 is 17.4 Å². The Morgan fingerprint density at radius 3 is 2.79 bits per heavy atom. The van der Waals surface area contributed by atoms with Gasteiger partial charge in [0.05, 0.1) is 7.11 Å². The molecule has 2 aromatic rings. The molecular weight excluding hydrogens is 260 g/mol. The molecule has 0 saturated carbocycles. The molecule has 0 unspecified atom stereocenters. The molecule has 0 bridgehead atoms. The van der Waals surface area contributed by atoms with E-state index in [2.05, 4.69) is 16.0 Å². The molecular formula is C15H17ClN2O. The van der Waals surface area contributed by atoms with E-state index in [-0.39, 0.29) is 0 Å². The van der Waals surface area contributed by atoms with Crippen LogP contribution in [0.3, 0.4) is 0 Å². The molecule has 0 atom stereocenters. The number of para-hydroxylation sites is 1. The zero-order valence-corrected chi connectivity index (χ0v) is 11.9. The molecule has 1 aromatic heterocycles. The minimum Gasteiger partial charge on any atom is -0.496 e. The number of methoxy groups -OCH3 is 1. The molecule has 1 heterocycles. The zero-order valence-electron chi connectivity index (χ0n) is 11.1. The van der Waals surface area contributed by atoms with E-state index >= 15 is 0 Å². The van der Waals surface area contributed by atoms with Crippen molar-refractivity contribution in [2.45, 2.75) is 12.4 Å². The molecule has 2 rings (SSSR count). The minimum atomic E-state index is 0.498. The van der Waals surface area contributed by atoms with E-state index in [9.17, 15) is 0 Å². The fourth-order valence-corrected chi connectivity index (χ4v) is 2.09. The molecule has 0 amide bonds. The normalized spacial score (nSPS) is 10.3. The van der Waals surface area contributed by atoms with Gasteiger partial charge in [-0.15, -0.1) is 11.6 Å². The van der Waals surface area contributed by atoms with Crippen LogP contribution >= 0.6 is 11.6 Å². The SMILES string of the molecule is COc1ccccc1CN(C)c1cc(CCl)ccn1. The monoisotopic (exact) mass is 276 g/mol. The summed E-state index contributed by atoms with van der Waals surface area (Å²) >= 11 is 5.85. The van der Waals surface area contributed by atoms with Crippen molar-refractivity contribution in [2.24, 2.45) is 0 Å². The van der Waals surface area contributed by atoms with Gasteiger partial charge >= 0.3 is 0 Å². The highest BCUT2D eigenvalue weighted by molar-refractivity contribution is 6.17. The molecule has 0 aliphatic heterocycles. The molecule has 0 saturated heterocycles. The van der Waals surface area contributed by atoms with Crippen molar-refractivity contribution in [1.82, 2.24) is 4.98 Å². The average molecular weight is 277 g/mol. The summed E-state index contributed by atoms with van der Waals surface area (Å²) in [6.45, 7) is 0.739. The highest BCUT2D eigenvalue weighted by Gasteiger charge is 2.08. The average Bonchev–Trinajstić information content (AvgIpc) is 2.47. The fourth-order valence-electron chi connectivity index (χ4n) is 1.92. The first-order valence-electron chi connectivity index (χ1n) is 6.08. The third-order valence-electron chi connectivity index (χ3n) is 2.96. The van der Waals surface area contributed by atoms with Crippen molar-refractivity contribution in [3.8, 4) is 5.75 Å². The minimum absolute atomic E-state index is 0.498. The van der Waals surface area contributed by atoms with Crippen molar-refractivity contribution in [1.29, 1.82) is 0 Å². The third kappa shape index (κ3) is 3.38. The number of pyridine rings is 1. The van der Waals surface area contributed by atoms with Gasteiger partial charge in [-0.2, -0.15) is 0 Å². The summed E-state index contributed by atoms with van der Waals surface area (Å²) in [5.41, 5.74) is 2.20. The number of anilines is 1. The van der Waals surface area contributed by atoms with Crippen LogP contribution in [0.2, 0.25) is 0 Å². The summed E-state index contributed by atoms with van der Waals surface area (Å²) in [7, 11) is 3.69. The van der Waals surface area contributed by atoms with Crippen molar-refractivity contribution in [3.05, 3.63) is 53.7 Å². The van der Waals surface area contributed by atoms with Crippen LogP contribution in [0.1, 0.15) is 11.1 Å². The van der Waals surface area contributed by atoms with Crippen LogP contribution in [0.5, 0.6) is 5.75 Å². The summed E-state index contributed by atoms with van der Waals surface area (Å²) in [4.78, 5) is 6.44. The highest BCUT2D eigenvalue weighted by atomic mass is 35.5. The van der Waals surface area contributed by atoms with Gasteiger partial charge in [-0.05, 0) is 23.8 Å². The van der Waals surface area contributed by atoms with E-state index in [1.807, 2.05) is 37.4 Å². The van der Waals surface area contributed by atoms with E-state index in [1.54, 1.807) is 13.3 Å².